The third-order valence-electron chi connectivity index (χ3n) is 4.17. The van der Waals surface area contributed by atoms with E-state index in [2.05, 4.69) is 25.4 Å². The topological polar surface area (TPSA) is 120 Å². The van der Waals surface area contributed by atoms with Gasteiger partial charge in [0.1, 0.15) is 24.2 Å². The highest BCUT2D eigenvalue weighted by Gasteiger charge is 2.24. The van der Waals surface area contributed by atoms with Crippen molar-refractivity contribution in [1.29, 1.82) is 0 Å². The van der Waals surface area contributed by atoms with Crippen LogP contribution >= 0.6 is 0 Å². The van der Waals surface area contributed by atoms with Gasteiger partial charge in [0.15, 0.2) is 21.4 Å². The summed E-state index contributed by atoms with van der Waals surface area (Å²) in [7, 11) is -1.92. The zero-order valence-electron chi connectivity index (χ0n) is 15.7. The predicted molar refractivity (Wildman–Crippen MR) is 103 cm³/mol. The Kier molecular flexibility index (Phi) is 5.50. The monoisotopic (exact) mass is 400 g/mol. The number of hydrogen-bond donors (Lipinski definition) is 1. The molecule has 10 heteroatoms. The van der Waals surface area contributed by atoms with Crippen molar-refractivity contribution in [3.05, 3.63) is 53.9 Å². The van der Waals surface area contributed by atoms with Crippen LogP contribution in [0.4, 0.5) is 5.82 Å². The minimum absolute atomic E-state index is 0.0368. The molecule has 0 aliphatic heterocycles. The second kappa shape index (κ2) is 7.85. The van der Waals surface area contributed by atoms with E-state index in [1.54, 1.807) is 13.2 Å². The van der Waals surface area contributed by atoms with Gasteiger partial charge in [-0.1, -0.05) is 13.0 Å². The Labute approximate surface area is 162 Å². The van der Waals surface area contributed by atoms with E-state index < -0.39 is 15.6 Å². The van der Waals surface area contributed by atoms with E-state index in [-0.39, 0.29) is 22.8 Å². The minimum atomic E-state index is -3.64. The summed E-state index contributed by atoms with van der Waals surface area (Å²) < 4.78 is 26.4. The number of carbonyl (C=O) groups is 1. The molecule has 0 aliphatic rings. The first-order chi connectivity index (χ1) is 13.4. The van der Waals surface area contributed by atoms with Crippen LogP contribution in [0.2, 0.25) is 0 Å². The lowest BCUT2D eigenvalue weighted by atomic mass is 10.1. The molecule has 0 unspecified atom stereocenters. The van der Waals surface area contributed by atoms with E-state index in [4.69, 9.17) is 0 Å². The van der Waals surface area contributed by atoms with Crippen LogP contribution in [0.15, 0.2) is 41.9 Å². The summed E-state index contributed by atoms with van der Waals surface area (Å²) in [5.74, 6) is 0.321. The van der Waals surface area contributed by atoms with Crippen molar-refractivity contribution in [2.24, 2.45) is 0 Å². The number of pyridine rings is 2. The van der Waals surface area contributed by atoms with E-state index >= 15 is 0 Å². The number of anilines is 1. The van der Waals surface area contributed by atoms with Gasteiger partial charge in [0.2, 0.25) is 0 Å². The Morgan fingerprint density at radius 2 is 2.07 bits per heavy atom. The second-order valence-electron chi connectivity index (χ2n) is 6.13. The fourth-order valence-electron chi connectivity index (χ4n) is 2.74. The highest BCUT2D eigenvalue weighted by Crippen LogP contribution is 2.22. The van der Waals surface area contributed by atoms with Crippen molar-refractivity contribution >= 4 is 21.4 Å². The van der Waals surface area contributed by atoms with Crippen LogP contribution < -0.4 is 5.32 Å². The SMILES string of the molecule is CCS(=O)(=O)c1ccc(-n2cncn2)nc1C(=O)Cc1cc(C)cnc1NC. The highest BCUT2D eigenvalue weighted by atomic mass is 32.2. The number of nitrogens with one attached hydrogen (secondary N) is 1. The third-order valence-corrected chi connectivity index (χ3v) is 5.93. The van der Waals surface area contributed by atoms with E-state index in [9.17, 15) is 13.2 Å². The number of aryl methyl sites for hydroxylation is 1. The molecule has 0 radical (unpaired) electrons. The molecule has 0 saturated heterocycles. The molecular weight excluding hydrogens is 380 g/mol. The van der Waals surface area contributed by atoms with Crippen LogP contribution in [-0.4, -0.2) is 51.7 Å². The number of carbonyl (C=O) groups excluding carboxylic acids is 1. The summed E-state index contributed by atoms with van der Waals surface area (Å²) in [6.07, 6.45) is 4.41. The minimum Gasteiger partial charge on any atom is -0.373 e. The number of sulfone groups is 1. The molecule has 0 fully saturated rings. The summed E-state index contributed by atoms with van der Waals surface area (Å²) in [6, 6.07) is 4.73. The number of nitrogens with zero attached hydrogens (tertiary/aromatic N) is 5. The largest absolute Gasteiger partial charge is 0.373 e. The summed E-state index contributed by atoms with van der Waals surface area (Å²) >= 11 is 0. The lowest BCUT2D eigenvalue weighted by molar-refractivity contribution is 0.0984. The molecule has 3 aromatic heterocycles. The quantitative estimate of drug-likeness (QED) is 0.594. The van der Waals surface area contributed by atoms with Gasteiger partial charge in [0, 0.05) is 25.2 Å². The first-order valence-electron chi connectivity index (χ1n) is 8.61. The molecular formula is C18H20N6O3S. The van der Waals surface area contributed by atoms with Gasteiger partial charge in [-0.15, -0.1) is 0 Å². The zero-order valence-corrected chi connectivity index (χ0v) is 16.6. The molecule has 3 rings (SSSR count). The average molecular weight is 400 g/mol. The molecule has 28 heavy (non-hydrogen) atoms. The summed E-state index contributed by atoms with van der Waals surface area (Å²) in [5, 5.41) is 6.93. The van der Waals surface area contributed by atoms with Crippen molar-refractivity contribution in [3.8, 4) is 5.82 Å². The standard InChI is InChI=1S/C18H20N6O3S/c1-4-28(26,27)15-5-6-16(24-11-20-10-22-24)23-17(15)14(25)8-13-7-12(2)9-21-18(13)19-3/h5-7,9-11H,4,8H2,1-3H3,(H,19,21). The van der Waals surface area contributed by atoms with Crippen molar-refractivity contribution in [1.82, 2.24) is 24.7 Å². The van der Waals surface area contributed by atoms with E-state index in [0.29, 0.717) is 17.2 Å². The van der Waals surface area contributed by atoms with Gasteiger partial charge < -0.3 is 5.32 Å². The molecule has 9 nitrogen and oxygen atoms in total. The van der Waals surface area contributed by atoms with Crippen LogP contribution in [0.5, 0.6) is 0 Å². The average Bonchev–Trinajstić information content (AvgIpc) is 3.22. The van der Waals surface area contributed by atoms with Crippen LogP contribution in [-0.2, 0) is 16.3 Å². The first kappa shape index (κ1) is 19.6. The number of ketones is 1. The van der Waals surface area contributed by atoms with E-state index in [1.165, 1.54) is 36.4 Å². The molecule has 3 heterocycles. The smallest absolute Gasteiger partial charge is 0.187 e. The summed E-state index contributed by atoms with van der Waals surface area (Å²) in [4.78, 5) is 25.4. The van der Waals surface area contributed by atoms with E-state index in [0.717, 1.165) is 5.56 Å². The number of aromatic nitrogens is 5. The molecule has 0 amide bonds. The Morgan fingerprint density at radius 1 is 1.29 bits per heavy atom. The number of Topliss-reactive ketones (excluding diaryl/α,β-unsaturated/α-hetero) is 1. The summed E-state index contributed by atoms with van der Waals surface area (Å²) in [6.45, 7) is 3.40. The van der Waals surface area contributed by atoms with Crippen LogP contribution in [0, 0.1) is 6.92 Å². The van der Waals surface area contributed by atoms with Crippen molar-refractivity contribution in [2.75, 3.05) is 18.1 Å². The van der Waals surface area contributed by atoms with Gasteiger partial charge in [-0.3, -0.25) is 4.79 Å². The number of rotatable bonds is 7. The van der Waals surface area contributed by atoms with Crippen LogP contribution in [0.1, 0.15) is 28.5 Å². The summed E-state index contributed by atoms with van der Waals surface area (Å²) in [5.41, 5.74) is 1.45. The van der Waals surface area contributed by atoms with Crippen molar-refractivity contribution in [3.63, 3.8) is 0 Å². The maximum atomic E-state index is 13.1. The molecule has 0 bridgehead atoms. The lowest BCUT2D eigenvalue weighted by Gasteiger charge is -2.12. The van der Waals surface area contributed by atoms with Crippen LogP contribution in [0.25, 0.3) is 5.82 Å². The fourth-order valence-corrected chi connectivity index (χ4v) is 3.78. The number of hydrogen-bond acceptors (Lipinski definition) is 8. The van der Waals surface area contributed by atoms with Gasteiger partial charge in [-0.2, -0.15) is 5.10 Å². The first-order valence-corrected chi connectivity index (χ1v) is 10.3. The van der Waals surface area contributed by atoms with Crippen LogP contribution in [0.3, 0.4) is 0 Å². The molecule has 3 aromatic rings. The molecule has 0 aromatic carbocycles. The lowest BCUT2D eigenvalue weighted by Crippen LogP contribution is -2.17. The van der Waals surface area contributed by atoms with Gasteiger partial charge in [0.05, 0.1) is 10.6 Å². The fraction of sp³-hybridized carbons (Fsp3) is 0.278. The predicted octanol–water partition coefficient (Wildman–Crippen LogP) is 1.63. The van der Waals surface area contributed by atoms with Crippen molar-refractivity contribution < 1.29 is 13.2 Å². The van der Waals surface area contributed by atoms with Gasteiger partial charge >= 0.3 is 0 Å². The van der Waals surface area contributed by atoms with Gasteiger partial charge in [0.25, 0.3) is 0 Å². The van der Waals surface area contributed by atoms with E-state index in [1.807, 2.05) is 13.0 Å². The molecule has 0 atom stereocenters. The van der Waals surface area contributed by atoms with Crippen molar-refractivity contribution in [2.45, 2.75) is 25.2 Å². The Hall–Kier alpha value is -3.14. The zero-order chi connectivity index (χ0) is 20.3. The molecule has 0 aliphatic carbocycles. The van der Waals surface area contributed by atoms with Gasteiger partial charge in [-0.05, 0) is 24.6 Å². The molecule has 0 saturated carbocycles. The highest BCUT2D eigenvalue weighted by molar-refractivity contribution is 7.91. The second-order valence-corrected chi connectivity index (χ2v) is 8.38. The Morgan fingerprint density at radius 3 is 2.71 bits per heavy atom. The Balaban J connectivity index is 2.09. The molecule has 1 N–H and O–H groups in total. The molecule has 146 valence electrons. The maximum absolute atomic E-state index is 13.1. The van der Waals surface area contributed by atoms with Gasteiger partial charge in [-0.25, -0.2) is 28.1 Å². The molecule has 0 spiro atoms. The normalized spacial score (nSPS) is 11.4. The third kappa shape index (κ3) is 3.91. The Bertz CT molecular complexity index is 1110. The maximum Gasteiger partial charge on any atom is 0.187 e.